The number of nitrogens with zero attached hydrogens (tertiary/aromatic N) is 1. The first kappa shape index (κ1) is 12.1. The Labute approximate surface area is 108 Å². The summed E-state index contributed by atoms with van der Waals surface area (Å²) in [7, 11) is 0. The summed E-state index contributed by atoms with van der Waals surface area (Å²) in [6.45, 7) is 0. The number of benzene rings is 1. The number of hydrogen-bond acceptors (Lipinski definition) is 2. The van der Waals surface area contributed by atoms with Gasteiger partial charge < -0.3 is 0 Å². The molecule has 1 heterocycles. The summed E-state index contributed by atoms with van der Waals surface area (Å²) in [5.41, 5.74) is -0.751. The molecule has 2 aromatic rings. The Morgan fingerprint density at radius 1 is 1.29 bits per heavy atom. The zero-order valence-corrected chi connectivity index (χ0v) is 10.6. The predicted octanol–water partition coefficient (Wildman–Crippen LogP) is 2.94. The van der Waals surface area contributed by atoms with Crippen LogP contribution in [0.1, 0.15) is 0 Å². The van der Waals surface area contributed by atoms with E-state index in [-0.39, 0.29) is 14.9 Å². The van der Waals surface area contributed by atoms with E-state index in [2.05, 4.69) is 20.9 Å². The van der Waals surface area contributed by atoms with Gasteiger partial charge in [-0.3, -0.25) is 14.3 Å². The molecule has 3 nitrogen and oxygen atoms in total. The Hall–Kier alpha value is -1.34. The molecule has 0 aliphatic rings. The summed E-state index contributed by atoms with van der Waals surface area (Å²) >= 11 is 7.81. The van der Waals surface area contributed by atoms with Gasteiger partial charge in [-0.1, -0.05) is 15.9 Å². The average Bonchev–Trinajstić information content (AvgIpc) is 2.19. The number of nitrogens with one attached hydrogen (secondary N) is 1. The number of rotatable bonds is 1. The SMILES string of the molecule is O=c1ccn(-c2c(F)cc(Br)cc2F)c(=S)[nH]1. The second-order valence-corrected chi connectivity index (χ2v) is 4.50. The lowest BCUT2D eigenvalue weighted by Gasteiger charge is -2.09. The van der Waals surface area contributed by atoms with Gasteiger partial charge in [-0.25, -0.2) is 8.78 Å². The van der Waals surface area contributed by atoms with Crippen molar-refractivity contribution in [1.82, 2.24) is 9.55 Å². The van der Waals surface area contributed by atoms with Crippen LogP contribution in [0.25, 0.3) is 5.69 Å². The fourth-order valence-electron chi connectivity index (χ4n) is 1.36. The number of H-pyrrole nitrogens is 1. The number of aromatic nitrogens is 2. The minimum Gasteiger partial charge on any atom is -0.299 e. The molecule has 0 saturated carbocycles. The van der Waals surface area contributed by atoms with Gasteiger partial charge in [0, 0.05) is 16.7 Å². The largest absolute Gasteiger partial charge is 0.299 e. The van der Waals surface area contributed by atoms with Gasteiger partial charge in [0.1, 0.15) is 5.69 Å². The zero-order valence-electron chi connectivity index (χ0n) is 8.21. The molecule has 1 aromatic heterocycles. The molecule has 0 aliphatic heterocycles. The quantitative estimate of drug-likeness (QED) is 0.821. The van der Waals surface area contributed by atoms with Crippen molar-refractivity contribution in [2.75, 3.05) is 0 Å². The van der Waals surface area contributed by atoms with E-state index < -0.39 is 17.2 Å². The zero-order chi connectivity index (χ0) is 12.6. The van der Waals surface area contributed by atoms with E-state index in [0.717, 1.165) is 22.8 Å². The minimum absolute atomic E-state index is 0.0716. The van der Waals surface area contributed by atoms with E-state index in [1.807, 2.05) is 0 Å². The first-order chi connectivity index (χ1) is 7.99. The van der Waals surface area contributed by atoms with Crippen LogP contribution in [0.4, 0.5) is 8.78 Å². The van der Waals surface area contributed by atoms with E-state index in [4.69, 9.17) is 12.2 Å². The molecule has 1 aromatic carbocycles. The van der Waals surface area contributed by atoms with Gasteiger partial charge in [0.25, 0.3) is 5.56 Å². The van der Waals surface area contributed by atoms with E-state index in [0.29, 0.717) is 0 Å². The highest BCUT2D eigenvalue weighted by atomic mass is 79.9. The predicted molar refractivity (Wildman–Crippen MR) is 64.8 cm³/mol. The summed E-state index contributed by atoms with van der Waals surface area (Å²) in [4.78, 5) is 13.3. The topological polar surface area (TPSA) is 37.8 Å². The van der Waals surface area contributed by atoms with Crippen LogP contribution >= 0.6 is 28.1 Å². The maximum atomic E-state index is 13.6. The summed E-state index contributed by atoms with van der Waals surface area (Å²) < 4.78 is 28.6. The van der Waals surface area contributed by atoms with Crippen LogP contribution in [-0.2, 0) is 0 Å². The fraction of sp³-hybridized carbons (Fsp3) is 0. The molecule has 0 atom stereocenters. The van der Waals surface area contributed by atoms with Crippen molar-refractivity contribution in [1.29, 1.82) is 0 Å². The maximum Gasteiger partial charge on any atom is 0.251 e. The van der Waals surface area contributed by atoms with Gasteiger partial charge in [0.2, 0.25) is 0 Å². The van der Waals surface area contributed by atoms with Gasteiger partial charge >= 0.3 is 0 Å². The Balaban J connectivity index is 2.77. The molecule has 0 amide bonds. The molecule has 0 bridgehead atoms. The molecule has 0 unspecified atom stereocenters. The Morgan fingerprint density at radius 3 is 2.41 bits per heavy atom. The van der Waals surface area contributed by atoms with E-state index in [9.17, 15) is 13.6 Å². The van der Waals surface area contributed by atoms with Crippen LogP contribution in [0, 0.1) is 16.4 Å². The molecule has 2 rings (SSSR count). The summed E-state index contributed by atoms with van der Waals surface area (Å²) in [6.07, 6.45) is 1.22. The third-order valence-electron chi connectivity index (χ3n) is 2.05. The molecule has 0 spiro atoms. The molecular formula is C10H5BrF2N2OS. The summed E-state index contributed by atoms with van der Waals surface area (Å²) in [5, 5.41) is 0. The van der Waals surface area contributed by atoms with Crippen LogP contribution < -0.4 is 5.56 Å². The Morgan fingerprint density at radius 2 is 1.88 bits per heavy atom. The van der Waals surface area contributed by atoms with Gasteiger partial charge in [-0.2, -0.15) is 0 Å². The molecular weight excluding hydrogens is 314 g/mol. The third kappa shape index (κ3) is 2.34. The lowest BCUT2D eigenvalue weighted by Crippen LogP contribution is -2.12. The molecule has 0 saturated heterocycles. The monoisotopic (exact) mass is 318 g/mol. The average molecular weight is 319 g/mol. The molecule has 0 aliphatic carbocycles. The van der Waals surface area contributed by atoms with Crippen molar-refractivity contribution in [3.63, 3.8) is 0 Å². The number of aromatic amines is 1. The van der Waals surface area contributed by atoms with Gasteiger partial charge in [-0.15, -0.1) is 0 Å². The van der Waals surface area contributed by atoms with Crippen molar-refractivity contribution < 1.29 is 8.78 Å². The van der Waals surface area contributed by atoms with Crippen molar-refractivity contribution in [2.24, 2.45) is 0 Å². The van der Waals surface area contributed by atoms with Crippen molar-refractivity contribution in [2.45, 2.75) is 0 Å². The highest BCUT2D eigenvalue weighted by Gasteiger charge is 2.12. The smallest absolute Gasteiger partial charge is 0.251 e. The first-order valence-corrected chi connectivity index (χ1v) is 5.66. The normalized spacial score (nSPS) is 10.5. The molecule has 7 heteroatoms. The summed E-state index contributed by atoms with van der Waals surface area (Å²) in [6, 6.07) is 3.37. The number of hydrogen-bond donors (Lipinski definition) is 1. The second kappa shape index (κ2) is 4.50. The van der Waals surface area contributed by atoms with E-state index in [1.54, 1.807) is 0 Å². The Kier molecular flexibility index (Phi) is 3.21. The first-order valence-electron chi connectivity index (χ1n) is 4.46. The van der Waals surface area contributed by atoms with Crippen LogP contribution in [-0.4, -0.2) is 9.55 Å². The lowest BCUT2D eigenvalue weighted by molar-refractivity contribution is 0.565. The van der Waals surface area contributed by atoms with Crippen LogP contribution in [0.15, 0.2) is 33.7 Å². The van der Waals surface area contributed by atoms with E-state index in [1.165, 1.54) is 6.20 Å². The van der Waals surface area contributed by atoms with Crippen molar-refractivity contribution >= 4 is 28.1 Å². The minimum atomic E-state index is -0.778. The number of halogens is 3. The highest BCUT2D eigenvalue weighted by molar-refractivity contribution is 9.10. The molecule has 0 radical (unpaired) electrons. The summed E-state index contributed by atoms with van der Waals surface area (Å²) in [5.74, 6) is -1.56. The van der Waals surface area contributed by atoms with Crippen molar-refractivity contribution in [3.05, 3.63) is 55.6 Å². The van der Waals surface area contributed by atoms with E-state index >= 15 is 0 Å². The molecule has 17 heavy (non-hydrogen) atoms. The standard InChI is InChI=1S/C10H5BrF2N2OS/c11-5-3-6(12)9(7(13)4-5)15-2-1-8(16)14-10(15)17/h1-4H,(H,14,16,17). The van der Waals surface area contributed by atoms with Crippen molar-refractivity contribution in [3.8, 4) is 5.69 Å². The lowest BCUT2D eigenvalue weighted by atomic mass is 10.3. The Bertz CT molecular complexity index is 672. The maximum absolute atomic E-state index is 13.6. The van der Waals surface area contributed by atoms with Gasteiger partial charge in [0.05, 0.1) is 0 Å². The molecule has 0 fully saturated rings. The second-order valence-electron chi connectivity index (χ2n) is 3.20. The van der Waals surface area contributed by atoms with Crippen LogP contribution in [0.2, 0.25) is 0 Å². The van der Waals surface area contributed by atoms with Gasteiger partial charge in [0.15, 0.2) is 16.4 Å². The van der Waals surface area contributed by atoms with Crippen LogP contribution in [0.3, 0.4) is 0 Å². The van der Waals surface area contributed by atoms with Crippen LogP contribution in [0.5, 0.6) is 0 Å². The van der Waals surface area contributed by atoms with Gasteiger partial charge in [-0.05, 0) is 24.4 Å². The third-order valence-corrected chi connectivity index (χ3v) is 2.80. The fourth-order valence-corrected chi connectivity index (χ4v) is 2.01. The molecule has 88 valence electrons. The molecule has 1 N–H and O–H groups in total. The highest BCUT2D eigenvalue weighted by Crippen LogP contribution is 2.22.